The Morgan fingerprint density at radius 1 is 0.966 bits per heavy atom. The molecular weight excluding hydrogens is 375 g/mol. The van der Waals surface area contributed by atoms with E-state index in [1.165, 1.54) is 31.2 Å². The first-order valence-corrected chi connectivity index (χ1v) is 8.95. The predicted molar refractivity (Wildman–Crippen MR) is 107 cm³/mol. The van der Waals surface area contributed by atoms with Crippen molar-refractivity contribution in [2.45, 2.75) is 13.0 Å². The molecule has 7 heteroatoms. The molecule has 2 amide bonds. The molecule has 0 aliphatic heterocycles. The minimum Gasteiger partial charge on any atom is -0.451 e. The van der Waals surface area contributed by atoms with E-state index in [2.05, 4.69) is 10.6 Å². The van der Waals surface area contributed by atoms with Crippen molar-refractivity contribution < 1.29 is 23.5 Å². The topological polar surface area (TPSA) is 84.5 Å². The lowest BCUT2D eigenvalue weighted by Crippen LogP contribution is -2.35. The monoisotopic (exact) mass is 394 g/mol. The SMILES string of the molecule is C[C@H](OC(=O)CNC(=O)c1ccc2ccccc2c1)C(=O)Nc1ccc(F)cc1. The van der Waals surface area contributed by atoms with Crippen LogP contribution < -0.4 is 10.6 Å². The quantitative estimate of drug-likeness (QED) is 0.629. The fraction of sp³-hybridized carbons (Fsp3) is 0.136. The van der Waals surface area contributed by atoms with Gasteiger partial charge < -0.3 is 15.4 Å². The number of amides is 2. The van der Waals surface area contributed by atoms with Gasteiger partial charge in [-0.05, 0) is 54.1 Å². The Kier molecular flexibility index (Phi) is 6.19. The number of esters is 1. The van der Waals surface area contributed by atoms with Crippen molar-refractivity contribution in [2.75, 3.05) is 11.9 Å². The number of rotatable bonds is 6. The van der Waals surface area contributed by atoms with Gasteiger partial charge in [0.2, 0.25) is 0 Å². The Bertz CT molecular complexity index is 1050. The molecule has 1 atom stereocenters. The van der Waals surface area contributed by atoms with Gasteiger partial charge in [0.1, 0.15) is 12.4 Å². The summed E-state index contributed by atoms with van der Waals surface area (Å²) in [5.74, 6) is -2.16. The van der Waals surface area contributed by atoms with Crippen LogP contribution in [0.5, 0.6) is 0 Å². The van der Waals surface area contributed by atoms with E-state index in [9.17, 15) is 18.8 Å². The lowest BCUT2D eigenvalue weighted by atomic mass is 10.1. The highest BCUT2D eigenvalue weighted by atomic mass is 19.1. The molecule has 3 aromatic rings. The minimum atomic E-state index is -1.08. The highest BCUT2D eigenvalue weighted by Crippen LogP contribution is 2.15. The van der Waals surface area contributed by atoms with Gasteiger partial charge in [0.25, 0.3) is 11.8 Å². The van der Waals surface area contributed by atoms with Crippen LogP contribution >= 0.6 is 0 Å². The van der Waals surface area contributed by atoms with Crippen LogP contribution in [-0.4, -0.2) is 30.4 Å². The Morgan fingerprint density at radius 2 is 1.66 bits per heavy atom. The maximum Gasteiger partial charge on any atom is 0.326 e. The van der Waals surface area contributed by atoms with E-state index >= 15 is 0 Å². The van der Waals surface area contributed by atoms with Crippen LogP contribution in [0.25, 0.3) is 10.8 Å². The summed E-state index contributed by atoms with van der Waals surface area (Å²) in [6, 6.07) is 18.0. The van der Waals surface area contributed by atoms with Crippen molar-refractivity contribution in [3.05, 3.63) is 78.1 Å². The van der Waals surface area contributed by atoms with Gasteiger partial charge in [-0.2, -0.15) is 0 Å². The first-order chi connectivity index (χ1) is 13.9. The number of nitrogens with one attached hydrogen (secondary N) is 2. The number of fused-ring (bicyclic) bond motifs is 1. The average Bonchev–Trinajstić information content (AvgIpc) is 2.73. The second-order valence-electron chi connectivity index (χ2n) is 6.37. The Balaban J connectivity index is 1.49. The third-order valence-electron chi connectivity index (χ3n) is 4.19. The molecule has 3 rings (SSSR count). The lowest BCUT2D eigenvalue weighted by molar-refractivity contribution is -0.152. The van der Waals surface area contributed by atoms with E-state index in [4.69, 9.17) is 4.74 Å². The van der Waals surface area contributed by atoms with Crippen molar-refractivity contribution >= 4 is 34.2 Å². The molecular formula is C22H19FN2O4. The highest BCUT2D eigenvalue weighted by Gasteiger charge is 2.18. The summed E-state index contributed by atoms with van der Waals surface area (Å²) < 4.78 is 17.9. The molecule has 0 aliphatic carbocycles. The maximum absolute atomic E-state index is 12.9. The molecule has 0 bridgehead atoms. The third kappa shape index (κ3) is 5.38. The summed E-state index contributed by atoms with van der Waals surface area (Å²) in [6.45, 7) is 1.03. The summed E-state index contributed by atoms with van der Waals surface area (Å²) in [4.78, 5) is 36.2. The predicted octanol–water partition coefficient (Wildman–Crippen LogP) is 3.28. The van der Waals surface area contributed by atoms with E-state index in [-0.39, 0.29) is 6.54 Å². The van der Waals surface area contributed by atoms with Crippen LogP contribution in [0.4, 0.5) is 10.1 Å². The molecule has 0 saturated heterocycles. The smallest absolute Gasteiger partial charge is 0.326 e. The zero-order valence-corrected chi connectivity index (χ0v) is 15.6. The molecule has 0 fully saturated rings. The summed E-state index contributed by atoms with van der Waals surface area (Å²) in [5, 5.41) is 6.90. The van der Waals surface area contributed by atoms with Crippen LogP contribution in [-0.2, 0) is 14.3 Å². The summed E-state index contributed by atoms with van der Waals surface area (Å²) in [5.41, 5.74) is 0.794. The maximum atomic E-state index is 12.9. The molecule has 0 aromatic heterocycles. The van der Waals surface area contributed by atoms with E-state index in [0.717, 1.165) is 10.8 Å². The fourth-order valence-electron chi connectivity index (χ4n) is 2.65. The normalized spacial score (nSPS) is 11.5. The van der Waals surface area contributed by atoms with Crippen molar-refractivity contribution in [1.82, 2.24) is 5.32 Å². The van der Waals surface area contributed by atoms with E-state index in [1.807, 2.05) is 30.3 Å². The van der Waals surface area contributed by atoms with Gasteiger partial charge in [-0.15, -0.1) is 0 Å². The molecule has 0 unspecified atom stereocenters. The highest BCUT2D eigenvalue weighted by molar-refractivity contribution is 6.00. The molecule has 148 valence electrons. The average molecular weight is 394 g/mol. The fourth-order valence-corrected chi connectivity index (χ4v) is 2.65. The summed E-state index contributed by atoms with van der Waals surface area (Å²) in [6.07, 6.45) is -1.08. The van der Waals surface area contributed by atoms with Crippen molar-refractivity contribution in [2.24, 2.45) is 0 Å². The van der Waals surface area contributed by atoms with Gasteiger partial charge >= 0.3 is 5.97 Å². The Morgan fingerprint density at radius 3 is 2.38 bits per heavy atom. The van der Waals surface area contributed by atoms with Crippen LogP contribution in [0.15, 0.2) is 66.7 Å². The van der Waals surface area contributed by atoms with Crippen LogP contribution in [0.2, 0.25) is 0 Å². The first-order valence-electron chi connectivity index (χ1n) is 8.95. The minimum absolute atomic E-state index is 0.375. The number of hydrogen-bond donors (Lipinski definition) is 2. The van der Waals surface area contributed by atoms with Gasteiger partial charge in [0.15, 0.2) is 6.10 Å². The largest absolute Gasteiger partial charge is 0.451 e. The van der Waals surface area contributed by atoms with E-state index in [1.54, 1.807) is 12.1 Å². The van der Waals surface area contributed by atoms with Crippen LogP contribution in [0.1, 0.15) is 17.3 Å². The van der Waals surface area contributed by atoms with Gasteiger partial charge in [0.05, 0.1) is 0 Å². The standard InChI is InChI=1S/C22H19FN2O4/c1-14(21(27)25-19-10-8-18(23)9-11-19)29-20(26)13-24-22(28)17-7-6-15-4-2-3-5-16(15)12-17/h2-12,14H,13H2,1H3,(H,24,28)(H,25,27)/t14-/m0/s1. The van der Waals surface area contributed by atoms with Crippen LogP contribution in [0, 0.1) is 5.82 Å². The molecule has 0 heterocycles. The van der Waals surface area contributed by atoms with Crippen molar-refractivity contribution in [1.29, 1.82) is 0 Å². The van der Waals surface area contributed by atoms with Gasteiger partial charge in [-0.25, -0.2) is 4.39 Å². The molecule has 29 heavy (non-hydrogen) atoms. The zero-order chi connectivity index (χ0) is 20.8. The molecule has 2 N–H and O–H groups in total. The number of halogens is 1. The third-order valence-corrected chi connectivity index (χ3v) is 4.19. The zero-order valence-electron chi connectivity index (χ0n) is 15.6. The molecule has 6 nitrogen and oxygen atoms in total. The number of carbonyl (C=O) groups is 3. The summed E-state index contributed by atoms with van der Waals surface area (Å²) in [7, 11) is 0. The number of hydrogen-bond acceptors (Lipinski definition) is 4. The van der Waals surface area contributed by atoms with Crippen LogP contribution in [0.3, 0.4) is 0 Å². The number of ether oxygens (including phenoxy) is 1. The van der Waals surface area contributed by atoms with E-state index in [0.29, 0.717) is 11.3 Å². The molecule has 0 spiro atoms. The van der Waals surface area contributed by atoms with Gasteiger partial charge in [-0.3, -0.25) is 14.4 Å². The first kappa shape index (κ1) is 20.0. The molecule has 0 saturated carbocycles. The second kappa shape index (κ2) is 8.97. The Hall–Kier alpha value is -3.74. The van der Waals surface area contributed by atoms with Crippen molar-refractivity contribution in [3.63, 3.8) is 0 Å². The van der Waals surface area contributed by atoms with Gasteiger partial charge in [-0.1, -0.05) is 30.3 Å². The lowest BCUT2D eigenvalue weighted by Gasteiger charge is -2.14. The number of carbonyl (C=O) groups excluding carboxylic acids is 3. The van der Waals surface area contributed by atoms with E-state index < -0.39 is 29.7 Å². The molecule has 0 aliphatic rings. The second-order valence-corrected chi connectivity index (χ2v) is 6.37. The molecule has 0 radical (unpaired) electrons. The number of benzene rings is 3. The number of anilines is 1. The molecule has 3 aromatic carbocycles. The van der Waals surface area contributed by atoms with Gasteiger partial charge in [0, 0.05) is 11.3 Å². The van der Waals surface area contributed by atoms with Crippen molar-refractivity contribution in [3.8, 4) is 0 Å². The Labute approximate surface area is 166 Å². The summed E-state index contributed by atoms with van der Waals surface area (Å²) >= 11 is 0.